The minimum absolute atomic E-state index is 0.00574. The van der Waals surface area contributed by atoms with Crippen LogP contribution in [0, 0.1) is 20.8 Å². The molecule has 0 saturated heterocycles. The van der Waals surface area contributed by atoms with Crippen molar-refractivity contribution in [2.75, 3.05) is 18.1 Å². The van der Waals surface area contributed by atoms with Gasteiger partial charge in [0.2, 0.25) is 0 Å². The first-order valence-corrected chi connectivity index (χ1v) is 14.1. The second-order valence-electron chi connectivity index (χ2n) is 10.5. The molecule has 0 aliphatic heterocycles. The molecule has 0 spiro atoms. The third-order valence-corrected chi connectivity index (χ3v) is 6.84. The van der Waals surface area contributed by atoms with Crippen molar-refractivity contribution >= 4 is 29.0 Å². The number of benzene rings is 4. The van der Waals surface area contributed by atoms with Crippen molar-refractivity contribution in [3.05, 3.63) is 132 Å². The SMILES string of the molecule is C=CC(=O)OC(COC(=O)C(=C)C)COc1ccc(-c2ccc(N(c3ccc(C)cc3)c3ccc(C)cc3)cc2)cc1C. The Kier molecular flexibility index (Phi) is 10.2. The highest BCUT2D eigenvalue weighted by Crippen LogP contribution is 2.36. The van der Waals surface area contributed by atoms with Crippen molar-refractivity contribution in [3.63, 3.8) is 0 Å². The van der Waals surface area contributed by atoms with Gasteiger partial charge in [0.05, 0.1) is 0 Å². The highest BCUT2D eigenvalue weighted by atomic mass is 16.6. The van der Waals surface area contributed by atoms with Crippen molar-refractivity contribution in [2.45, 2.75) is 33.8 Å². The van der Waals surface area contributed by atoms with Crippen LogP contribution in [-0.4, -0.2) is 31.3 Å². The van der Waals surface area contributed by atoms with Gasteiger partial charge in [-0.3, -0.25) is 0 Å². The maximum absolute atomic E-state index is 11.8. The third kappa shape index (κ3) is 8.23. The van der Waals surface area contributed by atoms with Gasteiger partial charge in [-0.15, -0.1) is 0 Å². The predicted molar refractivity (Wildman–Crippen MR) is 172 cm³/mol. The molecule has 0 amide bonds. The summed E-state index contributed by atoms with van der Waals surface area (Å²) in [5.41, 5.74) is 8.94. The third-order valence-electron chi connectivity index (χ3n) is 6.84. The van der Waals surface area contributed by atoms with Gasteiger partial charge in [0.1, 0.15) is 19.0 Å². The number of hydrogen-bond donors (Lipinski definition) is 0. The van der Waals surface area contributed by atoms with Crippen molar-refractivity contribution in [1.82, 2.24) is 0 Å². The Bertz CT molecular complexity index is 1540. The van der Waals surface area contributed by atoms with Crippen molar-refractivity contribution < 1.29 is 23.8 Å². The van der Waals surface area contributed by atoms with E-state index in [1.807, 2.05) is 25.1 Å². The average Bonchev–Trinajstić information content (AvgIpc) is 3.01. The van der Waals surface area contributed by atoms with Crippen molar-refractivity contribution in [3.8, 4) is 16.9 Å². The van der Waals surface area contributed by atoms with E-state index in [1.54, 1.807) is 6.92 Å². The van der Waals surface area contributed by atoms with Crippen LogP contribution in [-0.2, 0) is 19.1 Å². The fraction of sp³-hybridized carbons (Fsp3) is 0.189. The smallest absolute Gasteiger partial charge is 0.333 e. The molecule has 0 saturated carbocycles. The fourth-order valence-corrected chi connectivity index (χ4v) is 4.43. The standard InChI is InChI=1S/C37H37NO5/c1-7-36(39)43-34(24-42-37(40)25(2)3)23-41-35-21-14-30(22-28(35)6)29-12-19-33(20-13-29)38(31-15-8-26(4)9-16-31)32-17-10-27(5)11-18-32/h7-22,34H,1-2,23-24H2,3-6H3. The summed E-state index contributed by atoms with van der Waals surface area (Å²) in [6.45, 7) is 14.5. The summed E-state index contributed by atoms with van der Waals surface area (Å²) in [5, 5.41) is 0. The van der Waals surface area contributed by atoms with Gasteiger partial charge in [-0.2, -0.15) is 0 Å². The minimum atomic E-state index is -0.801. The maximum Gasteiger partial charge on any atom is 0.333 e. The molecular formula is C37H37NO5. The van der Waals surface area contributed by atoms with E-state index < -0.39 is 18.0 Å². The van der Waals surface area contributed by atoms with E-state index >= 15 is 0 Å². The van der Waals surface area contributed by atoms with Crippen LogP contribution in [0.1, 0.15) is 23.6 Å². The number of carbonyl (C=O) groups excluding carboxylic acids is 2. The molecule has 4 aromatic carbocycles. The van der Waals surface area contributed by atoms with Crippen LogP contribution in [0.2, 0.25) is 0 Å². The molecule has 0 fully saturated rings. The molecule has 43 heavy (non-hydrogen) atoms. The molecule has 6 nitrogen and oxygen atoms in total. The Labute approximate surface area is 253 Å². The molecule has 4 rings (SSSR count). The molecule has 4 aromatic rings. The number of nitrogens with zero attached hydrogens (tertiary/aromatic N) is 1. The van der Waals surface area contributed by atoms with Crippen LogP contribution >= 0.6 is 0 Å². The van der Waals surface area contributed by atoms with Gasteiger partial charge >= 0.3 is 11.9 Å². The van der Waals surface area contributed by atoms with E-state index in [4.69, 9.17) is 14.2 Å². The summed E-state index contributed by atoms with van der Waals surface area (Å²) in [7, 11) is 0. The molecule has 0 N–H and O–H groups in total. The topological polar surface area (TPSA) is 65.1 Å². The molecule has 0 aliphatic rings. The van der Waals surface area contributed by atoms with Gasteiger partial charge in [0.25, 0.3) is 0 Å². The van der Waals surface area contributed by atoms with Gasteiger partial charge in [-0.1, -0.05) is 66.7 Å². The Morgan fingerprint density at radius 1 is 0.767 bits per heavy atom. The van der Waals surface area contributed by atoms with Gasteiger partial charge in [-0.05, 0) is 92.9 Å². The summed E-state index contributed by atoms with van der Waals surface area (Å²) >= 11 is 0. The molecule has 220 valence electrons. The van der Waals surface area contributed by atoms with Crippen LogP contribution in [0.4, 0.5) is 17.1 Å². The second kappa shape index (κ2) is 14.2. The van der Waals surface area contributed by atoms with Gasteiger partial charge < -0.3 is 19.1 Å². The number of carbonyl (C=O) groups is 2. The molecule has 1 unspecified atom stereocenters. The molecule has 0 radical (unpaired) electrons. The first-order chi connectivity index (χ1) is 20.6. The molecular weight excluding hydrogens is 538 g/mol. The number of anilines is 3. The van der Waals surface area contributed by atoms with Crippen LogP contribution < -0.4 is 9.64 Å². The molecule has 6 heteroatoms. The monoisotopic (exact) mass is 575 g/mol. The van der Waals surface area contributed by atoms with Crippen LogP contribution in [0.5, 0.6) is 5.75 Å². The summed E-state index contributed by atoms with van der Waals surface area (Å²) in [6.07, 6.45) is 0.255. The Morgan fingerprint density at radius 2 is 1.28 bits per heavy atom. The van der Waals surface area contributed by atoms with Crippen molar-refractivity contribution in [1.29, 1.82) is 0 Å². The number of hydrogen-bond acceptors (Lipinski definition) is 6. The van der Waals surface area contributed by atoms with Crippen LogP contribution in [0.15, 0.2) is 116 Å². The van der Waals surface area contributed by atoms with E-state index in [0.717, 1.165) is 39.8 Å². The lowest BCUT2D eigenvalue weighted by Crippen LogP contribution is -2.30. The van der Waals surface area contributed by atoms with Gasteiger partial charge in [0.15, 0.2) is 6.10 Å². The van der Waals surface area contributed by atoms with E-state index in [2.05, 4.69) is 105 Å². The normalized spacial score (nSPS) is 11.3. The average molecular weight is 576 g/mol. The lowest BCUT2D eigenvalue weighted by Gasteiger charge is -2.26. The summed E-state index contributed by atoms with van der Waals surface area (Å²) in [6, 6.07) is 31.4. The second-order valence-corrected chi connectivity index (χ2v) is 10.5. The Balaban J connectivity index is 1.51. The summed E-state index contributed by atoms with van der Waals surface area (Å²) in [4.78, 5) is 25.8. The van der Waals surface area contributed by atoms with Gasteiger partial charge in [-0.25, -0.2) is 9.59 Å². The number of aryl methyl sites for hydroxylation is 3. The van der Waals surface area contributed by atoms with Crippen molar-refractivity contribution in [2.24, 2.45) is 0 Å². The summed E-state index contributed by atoms with van der Waals surface area (Å²) in [5.74, 6) is -0.554. The van der Waals surface area contributed by atoms with E-state index in [9.17, 15) is 9.59 Å². The Morgan fingerprint density at radius 3 is 1.77 bits per heavy atom. The lowest BCUT2D eigenvalue weighted by molar-refractivity contribution is -0.154. The van der Waals surface area contributed by atoms with Crippen LogP contribution in [0.25, 0.3) is 11.1 Å². The molecule has 0 bridgehead atoms. The minimum Gasteiger partial charge on any atom is -0.489 e. The maximum atomic E-state index is 11.8. The van der Waals surface area contributed by atoms with E-state index in [1.165, 1.54) is 11.1 Å². The number of ether oxygens (including phenoxy) is 3. The zero-order chi connectivity index (χ0) is 30.9. The summed E-state index contributed by atoms with van der Waals surface area (Å²) < 4.78 is 16.4. The molecule has 0 aromatic heterocycles. The highest BCUT2D eigenvalue weighted by Gasteiger charge is 2.18. The zero-order valence-corrected chi connectivity index (χ0v) is 25.1. The quantitative estimate of drug-likeness (QED) is 0.125. The predicted octanol–water partition coefficient (Wildman–Crippen LogP) is 8.34. The fourth-order valence-electron chi connectivity index (χ4n) is 4.43. The van der Waals surface area contributed by atoms with E-state index in [0.29, 0.717) is 5.75 Å². The zero-order valence-electron chi connectivity index (χ0n) is 25.1. The van der Waals surface area contributed by atoms with Gasteiger partial charge in [0, 0.05) is 28.7 Å². The molecule has 0 heterocycles. The van der Waals surface area contributed by atoms with E-state index in [-0.39, 0.29) is 18.8 Å². The lowest BCUT2D eigenvalue weighted by atomic mass is 10.0. The van der Waals surface area contributed by atoms with Crippen LogP contribution in [0.3, 0.4) is 0 Å². The Hall–Kier alpha value is -5.10. The molecule has 1 atom stereocenters. The number of rotatable bonds is 12. The molecule has 0 aliphatic carbocycles. The number of esters is 2. The first-order valence-electron chi connectivity index (χ1n) is 14.1. The highest BCUT2D eigenvalue weighted by molar-refractivity contribution is 5.87. The largest absolute Gasteiger partial charge is 0.489 e. The first kappa shape index (κ1) is 30.8.